The van der Waals surface area contributed by atoms with E-state index in [1.165, 1.54) is 12.1 Å². The molecule has 2 aromatic heterocycles. The molecule has 4 bridgehead atoms. The van der Waals surface area contributed by atoms with Crippen LogP contribution in [0.2, 0.25) is 0 Å². The fourth-order valence-corrected chi connectivity index (χ4v) is 7.34. The molecular formula is C35H39N7O5S. The number of anilines is 2. The molecule has 250 valence electrons. The zero-order chi connectivity index (χ0) is 33.4. The summed E-state index contributed by atoms with van der Waals surface area (Å²) in [6.45, 7) is 7.37. The Balaban J connectivity index is 1.31. The third-order valence-corrected chi connectivity index (χ3v) is 10.4. The lowest BCUT2D eigenvalue weighted by Gasteiger charge is -2.32. The van der Waals surface area contributed by atoms with E-state index < -0.39 is 16.1 Å². The van der Waals surface area contributed by atoms with Crippen LogP contribution in [0.5, 0.6) is 5.88 Å². The zero-order valence-electron chi connectivity index (χ0n) is 27.3. The number of carbonyl (C=O) groups is 1. The molecule has 1 aliphatic carbocycles. The minimum absolute atomic E-state index is 0.0316. The predicted molar refractivity (Wildman–Crippen MR) is 180 cm³/mol. The van der Waals surface area contributed by atoms with Gasteiger partial charge in [-0.15, -0.1) is 0 Å². The van der Waals surface area contributed by atoms with E-state index in [0.717, 1.165) is 54.7 Å². The fraction of sp³-hybridized carbons (Fsp3) is 0.400. The fourth-order valence-electron chi connectivity index (χ4n) is 6.35. The number of nitrogens with zero attached hydrogens (tertiary/aromatic N) is 6. The van der Waals surface area contributed by atoms with Crippen molar-refractivity contribution < 1.29 is 22.7 Å². The summed E-state index contributed by atoms with van der Waals surface area (Å²) in [6, 6.07) is 13.4. The molecule has 3 aliphatic rings. The molecule has 1 amide bonds. The molecule has 7 rings (SSSR count). The van der Waals surface area contributed by atoms with Gasteiger partial charge in [0, 0.05) is 29.8 Å². The maximum Gasteiger partial charge on any atom is 0.264 e. The van der Waals surface area contributed by atoms with Crippen molar-refractivity contribution >= 4 is 27.7 Å². The number of ether oxygens (including phenoxy) is 2. The SMILES string of the molecule is Cc1cccc(C)c1-c1cc2nc(n1)NS(=O)(=O)c1cccc(c1)C(=O)N(Cc1cncc(N3CCC[C@H]3C)n1)[C@H](COC1CC1)CO2. The van der Waals surface area contributed by atoms with Crippen LogP contribution < -0.4 is 14.4 Å². The van der Waals surface area contributed by atoms with Gasteiger partial charge in [0.1, 0.15) is 12.4 Å². The predicted octanol–water partition coefficient (Wildman–Crippen LogP) is 4.92. The highest BCUT2D eigenvalue weighted by molar-refractivity contribution is 7.92. The molecular weight excluding hydrogens is 630 g/mol. The van der Waals surface area contributed by atoms with Crippen molar-refractivity contribution in [3.8, 4) is 17.1 Å². The van der Waals surface area contributed by atoms with E-state index in [2.05, 4.69) is 31.5 Å². The van der Waals surface area contributed by atoms with Gasteiger partial charge in [-0.1, -0.05) is 24.3 Å². The van der Waals surface area contributed by atoms with Crippen molar-refractivity contribution in [2.75, 3.05) is 29.4 Å². The second-order valence-electron chi connectivity index (χ2n) is 12.8. The highest BCUT2D eigenvalue weighted by atomic mass is 32.2. The minimum Gasteiger partial charge on any atom is -0.475 e. The van der Waals surface area contributed by atoms with Gasteiger partial charge in [-0.2, -0.15) is 4.98 Å². The van der Waals surface area contributed by atoms with Crippen molar-refractivity contribution in [2.45, 2.75) is 76.1 Å². The summed E-state index contributed by atoms with van der Waals surface area (Å²) in [6.07, 6.45) is 7.64. The van der Waals surface area contributed by atoms with E-state index in [4.69, 9.17) is 14.5 Å². The van der Waals surface area contributed by atoms with Crippen molar-refractivity contribution in [3.63, 3.8) is 0 Å². The van der Waals surface area contributed by atoms with Crippen molar-refractivity contribution in [3.05, 3.63) is 83.3 Å². The summed E-state index contributed by atoms with van der Waals surface area (Å²) < 4.78 is 42.4. The molecule has 2 fully saturated rings. The molecule has 12 nitrogen and oxygen atoms in total. The molecule has 0 unspecified atom stereocenters. The van der Waals surface area contributed by atoms with Gasteiger partial charge in [0.25, 0.3) is 15.9 Å². The Morgan fingerprint density at radius 2 is 1.79 bits per heavy atom. The molecule has 48 heavy (non-hydrogen) atoms. The second-order valence-corrected chi connectivity index (χ2v) is 14.5. The van der Waals surface area contributed by atoms with Crippen LogP contribution in [0.3, 0.4) is 0 Å². The molecule has 4 aromatic rings. The number of aryl methyl sites for hydroxylation is 2. The molecule has 0 spiro atoms. The lowest BCUT2D eigenvalue weighted by atomic mass is 10.00. The van der Waals surface area contributed by atoms with Crippen molar-refractivity contribution in [1.29, 1.82) is 0 Å². The number of sulfonamides is 1. The van der Waals surface area contributed by atoms with Crippen LogP contribution in [0.4, 0.5) is 11.8 Å². The van der Waals surface area contributed by atoms with Gasteiger partial charge < -0.3 is 19.3 Å². The Morgan fingerprint density at radius 1 is 1.00 bits per heavy atom. The molecule has 13 heteroatoms. The number of carbonyl (C=O) groups excluding carboxylic acids is 1. The summed E-state index contributed by atoms with van der Waals surface area (Å²) in [7, 11) is -4.18. The van der Waals surface area contributed by atoms with E-state index in [1.54, 1.807) is 35.5 Å². The largest absolute Gasteiger partial charge is 0.475 e. The Kier molecular flexibility index (Phi) is 8.73. The standard InChI is InChI=1S/C35H39N7O5S/c1-22-7-4-8-23(2)33(22)30-16-32-39-35(38-30)40-48(44,45)29-11-5-10-25(15-29)34(43)42(27(21-47-32)20-46-28-12-13-28)19-26-17-36-18-31(37-26)41-14-6-9-24(41)3/h4-5,7-8,10-11,15-18,24,27-28H,6,9,12-14,19-21H2,1-3H3,(H,38,39,40)/t24-,27-/m1/s1. The van der Waals surface area contributed by atoms with Gasteiger partial charge in [0.15, 0.2) is 0 Å². The van der Waals surface area contributed by atoms with E-state index >= 15 is 0 Å². The number of hydrogen-bond acceptors (Lipinski definition) is 10. The minimum atomic E-state index is -4.18. The van der Waals surface area contributed by atoms with Crippen molar-refractivity contribution in [1.82, 2.24) is 24.8 Å². The van der Waals surface area contributed by atoms with E-state index in [-0.39, 0.29) is 54.1 Å². The van der Waals surface area contributed by atoms with Gasteiger partial charge >= 0.3 is 0 Å². The summed E-state index contributed by atoms with van der Waals surface area (Å²) in [4.78, 5) is 36.6. The molecule has 4 heterocycles. The van der Waals surface area contributed by atoms with Gasteiger partial charge in [-0.3, -0.25) is 9.78 Å². The third kappa shape index (κ3) is 6.83. The van der Waals surface area contributed by atoms with Gasteiger partial charge in [-0.25, -0.2) is 23.1 Å². The van der Waals surface area contributed by atoms with E-state index in [9.17, 15) is 13.2 Å². The van der Waals surface area contributed by atoms with E-state index in [0.29, 0.717) is 17.4 Å². The lowest BCUT2D eigenvalue weighted by Crippen LogP contribution is -2.46. The van der Waals surface area contributed by atoms with E-state index in [1.807, 2.05) is 32.0 Å². The van der Waals surface area contributed by atoms with Crippen LogP contribution in [-0.4, -0.2) is 77.1 Å². The molecule has 1 saturated carbocycles. The first-order valence-corrected chi connectivity index (χ1v) is 17.8. The monoisotopic (exact) mass is 669 g/mol. The Bertz CT molecular complexity index is 1930. The highest BCUT2D eigenvalue weighted by Gasteiger charge is 2.32. The number of hydrogen-bond donors (Lipinski definition) is 1. The maximum atomic E-state index is 14.4. The van der Waals surface area contributed by atoms with Gasteiger partial charge in [0.05, 0.1) is 54.0 Å². The quantitative estimate of drug-likeness (QED) is 0.288. The molecule has 1 saturated heterocycles. The van der Waals surface area contributed by atoms with Crippen molar-refractivity contribution in [2.24, 2.45) is 0 Å². The number of aromatic nitrogens is 4. The first-order valence-electron chi connectivity index (χ1n) is 16.4. The van der Waals surface area contributed by atoms with Crippen LogP contribution in [0.25, 0.3) is 11.3 Å². The highest BCUT2D eigenvalue weighted by Crippen LogP contribution is 2.31. The summed E-state index contributed by atoms with van der Waals surface area (Å²) in [5.74, 6) is 0.423. The summed E-state index contributed by atoms with van der Waals surface area (Å²) >= 11 is 0. The molecule has 2 aliphatic heterocycles. The number of benzene rings is 2. The Labute approximate surface area is 280 Å². The first kappa shape index (κ1) is 32.0. The summed E-state index contributed by atoms with van der Waals surface area (Å²) in [5, 5.41) is 0. The maximum absolute atomic E-state index is 14.4. The van der Waals surface area contributed by atoms with Crippen LogP contribution in [0.1, 0.15) is 59.8 Å². The second kappa shape index (κ2) is 13.1. The smallest absolute Gasteiger partial charge is 0.264 e. The van der Waals surface area contributed by atoms with Crippen LogP contribution in [0, 0.1) is 13.8 Å². The Hall–Kier alpha value is -4.62. The summed E-state index contributed by atoms with van der Waals surface area (Å²) in [5.41, 5.74) is 4.12. The van der Waals surface area contributed by atoms with Crippen LogP contribution in [-0.2, 0) is 21.3 Å². The lowest BCUT2D eigenvalue weighted by molar-refractivity contribution is 0.0209. The average Bonchev–Trinajstić information content (AvgIpc) is 3.80. The normalized spacial score (nSPS) is 20.7. The number of fused-ring (bicyclic) bond motifs is 4. The van der Waals surface area contributed by atoms with Crippen LogP contribution >= 0.6 is 0 Å². The molecule has 2 atom stereocenters. The molecule has 1 N–H and O–H groups in total. The number of nitrogens with one attached hydrogen (secondary N) is 1. The zero-order valence-corrected chi connectivity index (χ0v) is 28.1. The molecule has 0 radical (unpaired) electrons. The average molecular weight is 670 g/mol. The van der Waals surface area contributed by atoms with Gasteiger partial charge in [0.2, 0.25) is 11.8 Å². The third-order valence-electron chi connectivity index (χ3n) is 9.08. The topological polar surface area (TPSA) is 140 Å². The molecule has 2 aromatic carbocycles. The van der Waals surface area contributed by atoms with Crippen LogP contribution in [0.15, 0.2) is 65.8 Å². The number of amides is 1. The number of rotatable bonds is 7. The first-order chi connectivity index (χ1) is 23.1. The Morgan fingerprint density at radius 3 is 2.54 bits per heavy atom. The van der Waals surface area contributed by atoms with Gasteiger partial charge in [-0.05, 0) is 75.8 Å².